The highest BCUT2D eigenvalue weighted by Gasteiger charge is 2.21. The standard InChI is InChI=1S/C63H96O5/c1-46(2)25-16-26-47(3)27-17-28-48(4)29-18-30-49(5)31-19-32-50(6)33-20-34-51(7)35-21-36-52(8)37-22-38-53(9)39-23-40-54(10)41-24-42-55(11)43-44-59-58(14)63(57(13)56(12)62(59)66)68-61(65)45-60(64)67-15/h25,27,29,31,33,35,37,39,41,43,66H,16-24,26,28,30,32,34,36,38,40,42,44-45H2,1-15H3/b47-27+,48-29+,49-31+,50-33+,51-35+,52-37+,53-39+,54-41+,55-43+. The molecule has 0 fully saturated rings. The second-order valence-electron chi connectivity index (χ2n) is 20.0. The van der Waals surface area contributed by atoms with E-state index in [0.29, 0.717) is 28.9 Å². The van der Waals surface area contributed by atoms with Crippen molar-refractivity contribution in [2.45, 2.75) is 225 Å². The Kier molecular flexibility index (Phi) is 32.0. The van der Waals surface area contributed by atoms with E-state index in [4.69, 9.17) is 4.74 Å². The van der Waals surface area contributed by atoms with Crippen molar-refractivity contribution in [1.29, 1.82) is 0 Å². The monoisotopic (exact) mass is 933 g/mol. The first-order chi connectivity index (χ1) is 32.2. The fourth-order valence-electron chi connectivity index (χ4n) is 8.07. The number of esters is 2. The lowest BCUT2D eigenvalue weighted by molar-refractivity contribution is -0.148. The molecule has 0 atom stereocenters. The second-order valence-corrected chi connectivity index (χ2v) is 20.0. The Hall–Kier alpha value is -4.64. The minimum atomic E-state index is -0.679. The number of ether oxygens (including phenoxy) is 2. The Balaban J connectivity index is 2.38. The van der Waals surface area contributed by atoms with Crippen LogP contribution in [0.3, 0.4) is 0 Å². The zero-order valence-electron chi connectivity index (χ0n) is 46.0. The van der Waals surface area contributed by atoms with Gasteiger partial charge in [0.25, 0.3) is 0 Å². The lowest BCUT2D eigenvalue weighted by Crippen LogP contribution is -2.16. The summed E-state index contributed by atoms with van der Waals surface area (Å²) in [5, 5.41) is 10.9. The van der Waals surface area contributed by atoms with Crippen LogP contribution < -0.4 is 4.74 Å². The minimum absolute atomic E-state index is 0.218. The van der Waals surface area contributed by atoms with E-state index >= 15 is 0 Å². The highest BCUT2D eigenvalue weighted by molar-refractivity contribution is 5.92. The number of benzene rings is 1. The van der Waals surface area contributed by atoms with E-state index in [0.717, 1.165) is 108 Å². The van der Waals surface area contributed by atoms with Crippen molar-refractivity contribution >= 4 is 11.9 Å². The van der Waals surface area contributed by atoms with Gasteiger partial charge in [0.15, 0.2) is 0 Å². The van der Waals surface area contributed by atoms with Gasteiger partial charge in [-0.05, 0) is 236 Å². The maximum atomic E-state index is 12.3. The fourth-order valence-corrected chi connectivity index (χ4v) is 8.07. The van der Waals surface area contributed by atoms with Crippen LogP contribution in [0, 0.1) is 20.8 Å². The molecule has 68 heavy (non-hydrogen) atoms. The van der Waals surface area contributed by atoms with Crippen LogP contribution in [0.1, 0.15) is 220 Å². The molecule has 378 valence electrons. The first kappa shape index (κ1) is 61.4. The van der Waals surface area contributed by atoms with E-state index in [-0.39, 0.29) is 5.75 Å². The number of carbonyl (C=O) groups excluding carboxylic acids is 2. The summed E-state index contributed by atoms with van der Waals surface area (Å²) in [6.45, 7) is 30.1. The average Bonchev–Trinajstić information content (AvgIpc) is 3.26. The quantitative estimate of drug-likeness (QED) is 0.0337. The lowest BCUT2D eigenvalue weighted by atomic mass is 9.94. The van der Waals surface area contributed by atoms with Gasteiger partial charge in [0.2, 0.25) is 0 Å². The Morgan fingerprint density at radius 3 is 0.956 bits per heavy atom. The normalized spacial score (nSPS) is 13.9. The van der Waals surface area contributed by atoms with Gasteiger partial charge in [0.05, 0.1) is 7.11 Å². The van der Waals surface area contributed by atoms with E-state index in [1.807, 2.05) is 13.8 Å². The van der Waals surface area contributed by atoms with E-state index < -0.39 is 18.4 Å². The van der Waals surface area contributed by atoms with Gasteiger partial charge < -0.3 is 14.6 Å². The molecule has 0 spiro atoms. The van der Waals surface area contributed by atoms with Gasteiger partial charge in [0.1, 0.15) is 17.9 Å². The number of hydrogen-bond donors (Lipinski definition) is 1. The molecule has 0 unspecified atom stereocenters. The summed E-state index contributed by atoms with van der Waals surface area (Å²) in [5.41, 5.74) is 17.4. The zero-order chi connectivity index (χ0) is 51.0. The Morgan fingerprint density at radius 2 is 0.676 bits per heavy atom. The molecule has 1 aromatic carbocycles. The molecule has 0 aliphatic carbocycles. The maximum Gasteiger partial charge on any atom is 0.322 e. The molecule has 0 saturated heterocycles. The molecule has 0 aliphatic rings. The summed E-state index contributed by atoms with van der Waals surface area (Å²) in [6, 6.07) is 0. The van der Waals surface area contributed by atoms with Gasteiger partial charge in [-0.3, -0.25) is 9.59 Å². The molecule has 5 heteroatoms. The first-order valence-electron chi connectivity index (χ1n) is 25.9. The van der Waals surface area contributed by atoms with Crippen LogP contribution in [0.5, 0.6) is 11.5 Å². The van der Waals surface area contributed by atoms with Crippen molar-refractivity contribution in [3.63, 3.8) is 0 Å². The smallest absolute Gasteiger partial charge is 0.322 e. The number of carbonyl (C=O) groups is 2. The second kappa shape index (κ2) is 35.5. The highest BCUT2D eigenvalue weighted by Crippen LogP contribution is 2.38. The summed E-state index contributed by atoms with van der Waals surface area (Å²) in [7, 11) is 1.24. The lowest BCUT2D eigenvalue weighted by Gasteiger charge is -2.18. The summed E-state index contributed by atoms with van der Waals surface area (Å²) < 4.78 is 10.2. The number of hydrogen-bond acceptors (Lipinski definition) is 5. The highest BCUT2D eigenvalue weighted by atomic mass is 16.5. The number of methoxy groups -OCH3 is 1. The molecule has 0 amide bonds. The van der Waals surface area contributed by atoms with Crippen molar-refractivity contribution in [2.75, 3.05) is 7.11 Å². The molecule has 0 heterocycles. The molecule has 0 aliphatic heterocycles. The Labute approximate surface area is 417 Å². The fraction of sp³-hybridized carbons (Fsp3) is 0.556. The van der Waals surface area contributed by atoms with Gasteiger partial charge in [0, 0.05) is 5.56 Å². The maximum absolute atomic E-state index is 12.3. The van der Waals surface area contributed by atoms with E-state index in [2.05, 4.69) is 142 Å². The van der Waals surface area contributed by atoms with Crippen LogP contribution in [0.25, 0.3) is 0 Å². The molecule has 1 rings (SSSR count). The molecule has 0 bridgehead atoms. The number of phenolic OH excluding ortho intramolecular Hbond substituents is 1. The van der Waals surface area contributed by atoms with Gasteiger partial charge in [-0.25, -0.2) is 0 Å². The molecular weight excluding hydrogens is 837 g/mol. The van der Waals surface area contributed by atoms with Gasteiger partial charge in [-0.1, -0.05) is 116 Å². The van der Waals surface area contributed by atoms with Crippen LogP contribution in [0.2, 0.25) is 0 Å². The molecule has 1 aromatic rings. The summed E-state index contributed by atoms with van der Waals surface area (Å²) in [6.07, 6.45) is 44.0. The van der Waals surface area contributed by atoms with E-state index in [9.17, 15) is 14.7 Å². The molecule has 0 saturated carbocycles. The third kappa shape index (κ3) is 28.6. The van der Waals surface area contributed by atoms with Crippen molar-refractivity contribution in [2.24, 2.45) is 0 Å². The van der Waals surface area contributed by atoms with Crippen LogP contribution in [0.4, 0.5) is 0 Å². The zero-order valence-corrected chi connectivity index (χ0v) is 46.0. The predicted molar refractivity (Wildman–Crippen MR) is 295 cm³/mol. The Morgan fingerprint density at radius 1 is 0.397 bits per heavy atom. The molecule has 5 nitrogen and oxygen atoms in total. The number of allylic oxidation sites excluding steroid dienone is 20. The van der Waals surface area contributed by atoms with Crippen molar-refractivity contribution in [3.05, 3.63) is 139 Å². The van der Waals surface area contributed by atoms with Crippen molar-refractivity contribution in [3.8, 4) is 11.5 Å². The van der Waals surface area contributed by atoms with Gasteiger partial charge >= 0.3 is 11.9 Å². The largest absolute Gasteiger partial charge is 0.507 e. The van der Waals surface area contributed by atoms with Crippen LogP contribution >= 0.6 is 0 Å². The van der Waals surface area contributed by atoms with Crippen LogP contribution in [0.15, 0.2) is 116 Å². The third-order valence-electron chi connectivity index (χ3n) is 13.1. The summed E-state index contributed by atoms with van der Waals surface area (Å²) in [5.74, 6) is -0.713. The number of rotatable bonds is 32. The van der Waals surface area contributed by atoms with Crippen LogP contribution in [-0.2, 0) is 20.7 Å². The third-order valence-corrected chi connectivity index (χ3v) is 13.1. The molecule has 1 N–H and O–H groups in total. The average molecular weight is 933 g/mol. The predicted octanol–water partition coefficient (Wildman–Crippen LogP) is 18.8. The van der Waals surface area contributed by atoms with Gasteiger partial charge in [-0.15, -0.1) is 0 Å². The van der Waals surface area contributed by atoms with E-state index in [1.165, 1.54) is 75.7 Å². The molecule has 0 radical (unpaired) electrons. The van der Waals surface area contributed by atoms with Crippen molar-refractivity contribution in [1.82, 2.24) is 0 Å². The summed E-state index contributed by atoms with van der Waals surface area (Å²) in [4.78, 5) is 23.9. The summed E-state index contributed by atoms with van der Waals surface area (Å²) >= 11 is 0. The minimum Gasteiger partial charge on any atom is -0.507 e. The Bertz CT molecular complexity index is 2060. The first-order valence-corrected chi connectivity index (χ1v) is 25.9. The van der Waals surface area contributed by atoms with Crippen LogP contribution in [-0.4, -0.2) is 24.2 Å². The number of phenols is 1. The molecular formula is C63H96O5. The SMILES string of the molecule is COC(=O)CC(=O)Oc1c(C)c(C)c(O)c(C/C=C(\C)CC/C=C(\C)CC/C=C(\C)CC/C=C(\C)CC/C=C(\C)CC/C=C(\C)CC/C=C(\C)CC/C=C(\C)CC/C=C(\C)CCC=C(C)C)c1C. The molecule has 0 aromatic heterocycles. The van der Waals surface area contributed by atoms with Crippen molar-refractivity contribution < 1.29 is 24.2 Å². The topological polar surface area (TPSA) is 72.8 Å². The number of aromatic hydroxyl groups is 1. The van der Waals surface area contributed by atoms with E-state index in [1.54, 1.807) is 6.92 Å². The van der Waals surface area contributed by atoms with Gasteiger partial charge in [-0.2, -0.15) is 0 Å².